The lowest BCUT2D eigenvalue weighted by Crippen LogP contribution is -2.31. The van der Waals surface area contributed by atoms with Gasteiger partial charge < -0.3 is 14.8 Å². The lowest BCUT2D eigenvalue weighted by atomic mass is 10.1. The van der Waals surface area contributed by atoms with E-state index in [4.69, 9.17) is 9.47 Å². The van der Waals surface area contributed by atoms with Gasteiger partial charge in [0.1, 0.15) is 5.75 Å². The van der Waals surface area contributed by atoms with Crippen LogP contribution in [0.15, 0.2) is 48.5 Å². The van der Waals surface area contributed by atoms with Gasteiger partial charge in [-0.1, -0.05) is 18.2 Å². The molecule has 0 saturated carbocycles. The lowest BCUT2D eigenvalue weighted by Gasteiger charge is -2.14. The van der Waals surface area contributed by atoms with E-state index in [2.05, 4.69) is 5.32 Å². The Labute approximate surface area is 164 Å². The van der Waals surface area contributed by atoms with Crippen LogP contribution in [0.3, 0.4) is 0 Å². The van der Waals surface area contributed by atoms with Gasteiger partial charge in [-0.15, -0.1) is 0 Å². The number of alkyl halides is 3. The Morgan fingerprint density at radius 3 is 2.41 bits per heavy atom. The summed E-state index contributed by atoms with van der Waals surface area (Å²) in [5, 5.41) is 2.51. The molecule has 0 aliphatic rings. The normalized spacial score (nSPS) is 12.0. The average molecular weight is 409 g/mol. The number of hydrogen-bond acceptors (Lipinski definition) is 5. The number of carbonyl (C=O) groups excluding carboxylic acids is 3. The van der Waals surface area contributed by atoms with E-state index < -0.39 is 36.3 Å². The van der Waals surface area contributed by atoms with Gasteiger partial charge >= 0.3 is 12.1 Å². The second-order valence-electron chi connectivity index (χ2n) is 6.07. The van der Waals surface area contributed by atoms with Gasteiger partial charge in [-0.05, 0) is 44.2 Å². The molecule has 2 rings (SSSR count). The second-order valence-corrected chi connectivity index (χ2v) is 6.07. The molecule has 1 unspecified atom stereocenters. The van der Waals surface area contributed by atoms with Gasteiger partial charge in [-0.3, -0.25) is 9.59 Å². The summed E-state index contributed by atoms with van der Waals surface area (Å²) in [6.07, 6.45) is -5.72. The summed E-state index contributed by atoms with van der Waals surface area (Å²) in [6.45, 7) is 2.04. The van der Waals surface area contributed by atoms with E-state index in [0.717, 1.165) is 18.2 Å². The Kier molecular flexibility index (Phi) is 6.98. The molecule has 2 aromatic carbocycles. The van der Waals surface area contributed by atoms with Crippen molar-refractivity contribution in [1.29, 1.82) is 0 Å². The lowest BCUT2D eigenvalue weighted by molar-refractivity contribution is -0.155. The molecule has 9 heteroatoms. The molecule has 154 valence electrons. The van der Waals surface area contributed by atoms with Gasteiger partial charge in [0.25, 0.3) is 5.91 Å². The van der Waals surface area contributed by atoms with Crippen LogP contribution in [-0.4, -0.2) is 30.4 Å². The van der Waals surface area contributed by atoms with Gasteiger partial charge in [0.2, 0.25) is 0 Å². The zero-order chi connectivity index (χ0) is 21.6. The van der Waals surface area contributed by atoms with Crippen molar-refractivity contribution in [2.75, 3.05) is 11.9 Å². The Bertz CT molecular complexity index is 911. The maximum atomic E-state index is 12.7. The molecule has 2 aromatic rings. The van der Waals surface area contributed by atoms with Crippen molar-refractivity contribution in [1.82, 2.24) is 0 Å². The Morgan fingerprint density at radius 1 is 1.07 bits per heavy atom. The van der Waals surface area contributed by atoms with Crippen LogP contribution in [0.5, 0.6) is 5.75 Å². The van der Waals surface area contributed by atoms with Gasteiger partial charge in [0.15, 0.2) is 18.5 Å². The number of Topliss-reactive ketones (excluding diaryl/α,β-unsaturated/α-hetero) is 1. The van der Waals surface area contributed by atoms with Crippen LogP contribution in [0.1, 0.15) is 29.8 Å². The second kappa shape index (κ2) is 9.22. The van der Waals surface area contributed by atoms with Gasteiger partial charge in [0, 0.05) is 11.3 Å². The van der Waals surface area contributed by atoms with Crippen molar-refractivity contribution in [3.8, 4) is 5.75 Å². The quantitative estimate of drug-likeness (QED) is 0.555. The van der Waals surface area contributed by atoms with E-state index >= 15 is 0 Å². The standard InChI is InChI=1S/C20H18F3NO5/c1-12(25)14-5-3-7-16(9-14)24-19(27)13(2)29-18(26)11-28-17-8-4-6-15(10-17)20(21,22)23/h3-10,13H,11H2,1-2H3,(H,24,27). The Balaban J connectivity index is 1.88. The van der Waals surface area contributed by atoms with Crippen LogP contribution in [0.25, 0.3) is 0 Å². The van der Waals surface area contributed by atoms with Gasteiger partial charge in [0.05, 0.1) is 5.56 Å². The molecular formula is C20H18F3NO5. The van der Waals surface area contributed by atoms with Crippen molar-refractivity contribution in [2.45, 2.75) is 26.1 Å². The first-order valence-electron chi connectivity index (χ1n) is 8.47. The third kappa shape index (κ3) is 6.63. The number of amides is 1. The highest BCUT2D eigenvalue weighted by atomic mass is 19.4. The SMILES string of the molecule is CC(=O)c1cccc(NC(=O)C(C)OC(=O)COc2cccc(C(F)(F)F)c2)c1. The Hall–Kier alpha value is -3.36. The van der Waals surface area contributed by atoms with Crippen molar-refractivity contribution >= 4 is 23.3 Å². The van der Waals surface area contributed by atoms with E-state index in [9.17, 15) is 27.6 Å². The molecule has 1 amide bonds. The smallest absolute Gasteiger partial charge is 0.416 e. The van der Waals surface area contributed by atoms with Gasteiger partial charge in [-0.2, -0.15) is 13.2 Å². The summed E-state index contributed by atoms with van der Waals surface area (Å²) >= 11 is 0. The number of nitrogens with one attached hydrogen (secondary N) is 1. The molecule has 0 saturated heterocycles. The number of esters is 1. The molecule has 0 aromatic heterocycles. The van der Waals surface area contributed by atoms with Crippen LogP contribution in [0, 0.1) is 0 Å². The van der Waals surface area contributed by atoms with E-state index in [-0.39, 0.29) is 11.5 Å². The van der Waals surface area contributed by atoms with Crippen molar-refractivity contribution in [3.63, 3.8) is 0 Å². The third-order valence-corrected chi connectivity index (χ3v) is 3.73. The number of ether oxygens (including phenoxy) is 2. The fraction of sp³-hybridized carbons (Fsp3) is 0.250. The molecular weight excluding hydrogens is 391 g/mol. The summed E-state index contributed by atoms with van der Waals surface area (Å²) in [4.78, 5) is 35.3. The molecule has 0 aliphatic carbocycles. The first kappa shape index (κ1) is 21.9. The molecule has 0 fully saturated rings. The summed E-state index contributed by atoms with van der Waals surface area (Å²) in [6, 6.07) is 10.3. The summed E-state index contributed by atoms with van der Waals surface area (Å²) in [5.74, 6) is -1.90. The van der Waals surface area contributed by atoms with E-state index in [1.165, 1.54) is 26.0 Å². The van der Waals surface area contributed by atoms with Crippen molar-refractivity contribution < 1.29 is 37.0 Å². The van der Waals surface area contributed by atoms with Crippen LogP contribution < -0.4 is 10.1 Å². The minimum atomic E-state index is -4.54. The first-order chi connectivity index (χ1) is 13.6. The number of ketones is 1. The molecule has 0 spiro atoms. The molecule has 29 heavy (non-hydrogen) atoms. The topological polar surface area (TPSA) is 81.7 Å². The van der Waals surface area contributed by atoms with Crippen LogP contribution in [-0.2, 0) is 20.5 Å². The molecule has 0 bridgehead atoms. The summed E-state index contributed by atoms with van der Waals surface area (Å²) in [5.41, 5.74) is -0.156. The zero-order valence-corrected chi connectivity index (χ0v) is 15.6. The Morgan fingerprint density at radius 2 is 1.76 bits per heavy atom. The molecule has 0 aliphatic heterocycles. The zero-order valence-electron chi connectivity index (χ0n) is 15.6. The maximum Gasteiger partial charge on any atom is 0.416 e. The predicted molar refractivity (Wildman–Crippen MR) is 97.6 cm³/mol. The predicted octanol–water partition coefficient (Wildman–Crippen LogP) is 3.86. The molecule has 0 heterocycles. The maximum absolute atomic E-state index is 12.7. The van der Waals surface area contributed by atoms with Crippen molar-refractivity contribution in [3.05, 3.63) is 59.7 Å². The fourth-order valence-electron chi connectivity index (χ4n) is 2.25. The summed E-state index contributed by atoms with van der Waals surface area (Å²) in [7, 11) is 0. The average Bonchev–Trinajstić information content (AvgIpc) is 2.66. The van der Waals surface area contributed by atoms with E-state index in [1.54, 1.807) is 18.2 Å². The number of carbonyl (C=O) groups is 3. The molecule has 1 N–H and O–H groups in total. The number of rotatable bonds is 7. The highest BCUT2D eigenvalue weighted by Crippen LogP contribution is 2.31. The van der Waals surface area contributed by atoms with Crippen LogP contribution >= 0.6 is 0 Å². The first-order valence-corrected chi connectivity index (χ1v) is 8.47. The highest BCUT2D eigenvalue weighted by Gasteiger charge is 2.30. The fourth-order valence-corrected chi connectivity index (χ4v) is 2.25. The number of benzene rings is 2. The molecule has 0 radical (unpaired) electrons. The summed E-state index contributed by atoms with van der Waals surface area (Å²) < 4.78 is 47.9. The monoisotopic (exact) mass is 409 g/mol. The number of hydrogen-bond donors (Lipinski definition) is 1. The van der Waals surface area contributed by atoms with Crippen molar-refractivity contribution in [2.24, 2.45) is 0 Å². The largest absolute Gasteiger partial charge is 0.482 e. The highest BCUT2D eigenvalue weighted by molar-refractivity contribution is 5.98. The van der Waals surface area contributed by atoms with E-state index in [1.807, 2.05) is 0 Å². The van der Waals surface area contributed by atoms with Crippen LogP contribution in [0.4, 0.5) is 18.9 Å². The van der Waals surface area contributed by atoms with E-state index in [0.29, 0.717) is 11.3 Å². The minimum absolute atomic E-state index is 0.157. The number of halogens is 3. The molecule has 1 atom stereocenters. The third-order valence-electron chi connectivity index (χ3n) is 3.73. The minimum Gasteiger partial charge on any atom is -0.482 e. The van der Waals surface area contributed by atoms with Crippen LogP contribution in [0.2, 0.25) is 0 Å². The van der Waals surface area contributed by atoms with Gasteiger partial charge in [-0.25, -0.2) is 4.79 Å². The molecule has 6 nitrogen and oxygen atoms in total. The number of anilines is 1.